The van der Waals surface area contributed by atoms with Gasteiger partial charge in [0.2, 0.25) is 0 Å². The van der Waals surface area contributed by atoms with Crippen LogP contribution in [0.15, 0.2) is 12.1 Å². The molecule has 3 unspecified atom stereocenters. The van der Waals surface area contributed by atoms with E-state index in [2.05, 4.69) is 5.32 Å². The molecule has 0 radical (unpaired) electrons. The van der Waals surface area contributed by atoms with Gasteiger partial charge in [0.15, 0.2) is 0 Å². The summed E-state index contributed by atoms with van der Waals surface area (Å²) in [6, 6.07) is 2.73. The van der Waals surface area contributed by atoms with Gasteiger partial charge in [0.05, 0.1) is 5.02 Å². The Kier molecular flexibility index (Phi) is 5.86. The number of hydrogen-bond acceptors (Lipinski definition) is 2. The third kappa shape index (κ3) is 3.82. The first-order chi connectivity index (χ1) is 8.36. The minimum absolute atomic E-state index is 0.0210. The molecule has 0 bridgehead atoms. The van der Waals surface area contributed by atoms with Gasteiger partial charge in [0.25, 0.3) is 0 Å². The Bertz CT molecular complexity index is 414. The van der Waals surface area contributed by atoms with Gasteiger partial charge in [-0.1, -0.05) is 30.1 Å². The highest BCUT2D eigenvalue weighted by molar-refractivity contribution is 6.35. The third-order valence-corrected chi connectivity index (χ3v) is 3.78. The molecule has 0 fully saturated rings. The van der Waals surface area contributed by atoms with Crippen molar-refractivity contribution in [1.29, 1.82) is 0 Å². The summed E-state index contributed by atoms with van der Waals surface area (Å²) in [5.41, 5.74) is 0.663. The van der Waals surface area contributed by atoms with Crippen molar-refractivity contribution in [3.05, 3.63) is 33.6 Å². The summed E-state index contributed by atoms with van der Waals surface area (Å²) in [7, 11) is 0. The smallest absolute Gasteiger partial charge is 0.142 e. The Labute approximate surface area is 117 Å². The summed E-state index contributed by atoms with van der Waals surface area (Å²) in [4.78, 5) is 0. The molecule has 0 saturated heterocycles. The highest BCUT2D eigenvalue weighted by atomic mass is 35.5. The van der Waals surface area contributed by atoms with E-state index in [1.54, 1.807) is 0 Å². The first kappa shape index (κ1) is 15.7. The van der Waals surface area contributed by atoms with E-state index in [1.807, 2.05) is 20.8 Å². The molecule has 3 atom stereocenters. The average molecular weight is 294 g/mol. The van der Waals surface area contributed by atoms with Crippen molar-refractivity contribution in [2.45, 2.75) is 32.9 Å². The maximum absolute atomic E-state index is 13.4. The lowest BCUT2D eigenvalue weighted by Crippen LogP contribution is -2.35. The van der Waals surface area contributed by atoms with Crippen molar-refractivity contribution in [3.63, 3.8) is 0 Å². The number of aliphatic hydroxyl groups excluding tert-OH is 1. The van der Waals surface area contributed by atoms with E-state index in [9.17, 15) is 4.39 Å². The molecule has 5 heteroatoms. The van der Waals surface area contributed by atoms with E-state index in [4.69, 9.17) is 28.3 Å². The molecule has 0 aromatic heterocycles. The Hall–Kier alpha value is -0.350. The molecule has 1 aromatic rings. The van der Waals surface area contributed by atoms with E-state index < -0.39 is 5.82 Å². The lowest BCUT2D eigenvalue weighted by atomic mass is 10.0. The fourth-order valence-electron chi connectivity index (χ4n) is 1.68. The van der Waals surface area contributed by atoms with Gasteiger partial charge in [0, 0.05) is 23.7 Å². The Morgan fingerprint density at radius 2 is 1.83 bits per heavy atom. The van der Waals surface area contributed by atoms with Crippen molar-refractivity contribution in [2.24, 2.45) is 5.92 Å². The normalized spacial score (nSPS) is 16.4. The van der Waals surface area contributed by atoms with Crippen LogP contribution in [0, 0.1) is 11.7 Å². The van der Waals surface area contributed by atoms with Crippen molar-refractivity contribution in [1.82, 2.24) is 5.32 Å². The molecule has 0 aliphatic carbocycles. The number of rotatable bonds is 5. The summed E-state index contributed by atoms with van der Waals surface area (Å²) in [6.07, 6.45) is 0. The molecule has 102 valence electrons. The van der Waals surface area contributed by atoms with Gasteiger partial charge in [0.1, 0.15) is 5.82 Å². The maximum atomic E-state index is 13.4. The Morgan fingerprint density at radius 3 is 2.39 bits per heavy atom. The number of halogens is 3. The largest absolute Gasteiger partial charge is 0.396 e. The van der Waals surface area contributed by atoms with Crippen LogP contribution in [0.5, 0.6) is 0 Å². The highest BCUT2D eigenvalue weighted by Gasteiger charge is 2.18. The van der Waals surface area contributed by atoms with Crippen LogP contribution in [0.3, 0.4) is 0 Å². The van der Waals surface area contributed by atoms with Gasteiger partial charge >= 0.3 is 0 Å². The van der Waals surface area contributed by atoms with Crippen LogP contribution in [0.25, 0.3) is 0 Å². The molecule has 0 aliphatic rings. The predicted octanol–water partition coefficient (Wildman–Crippen LogP) is 3.80. The minimum Gasteiger partial charge on any atom is -0.396 e. The minimum atomic E-state index is -0.479. The van der Waals surface area contributed by atoms with Crippen LogP contribution >= 0.6 is 23.2 Å². The molecule has 18 heavy (non-hydrogen) atoms. The van der Waals surface area contributed by atoms with Crippen LogP contribution in [-0.2, 0) is 0 Å². The Balaban J connectivity index is 2.84. The lowest BCUT2D eigenvalue weighted by Gasteiger charge is -2.25. The summed E-state index contributed by atoms with van der Waals surface area (Å²) < 4.78 is 13.4. The van der Waals surface area contributed by atoms with Crippen LogP contribution in [0.1, 0.15) is 32.4 Å². The molecular weight excluding hydrogens is 276 g/mol. The molecule has 1 aromatic carbocycles. The van der Waals surface area contributed by atoms with E-state index in [0.29, 0.717) is 10.6 Å². The number of benzene rings is 1. The standard InChI is InChI=1S/C13H18Cl2FNO/c1-7(6-18)8(2)17-9(3)10-4-13(16)12(15)5-11(10)14/h4-5,7-9,17-18H,6H2,1-3H3. The molecule has 2 N–H and O–H groups in total. The summed E-state index contributed by atoms with van der Waals surface area (Å²) >= 11 is 11.7. The van der Waals surface area contributed by atoms with Crippen molar-refractivity contribution in [2.75, 3.05) is 6.61 Å². The zero-order chi connectivity index (χ0) is 13.9. The summed E-state index contributed by atoms with van der Waals surface area (Å²) in [5.74, 6) is -0.365. The second-order valence-corrected chi connectivity index (χ2v) is 5.44. The molecular formula is C13H18Cl2FNO. The van der Waals surface area contributed by atoms with E-state index in [1.165, 1.54) is 12.1 Å². The monoisotopic (exact) mass is 293 g/mol. The van der Waals surface area contributed by atoms with Gasteiger partial charge in [-0.2, -0.15) is 0 Å². The SMILES string of the molecule is CC(NC(C)C(C)CO)c1cc(F)c(Cl)cc1Cl. The van der Waals surface area contributed by atoms with Crippen LogP contribution in [0.4, 0.5) is 4.39 Å². The first-order valence-electron chi connectivity index (χ1n) is 5.88. The van der Waals surface area contributed by atoms with Crippen LogP contribution < -0.4 is 5.32 Å². The predicted molar refractivity (Wildman–Crippen MR) is 73.7 cm³/mol. The first-order valence-corrected chi connectivity index (χ1v) is 6.63. The Morgan fingerprint density at radius 1 is 1.22 bits per heavy atom. The molecule has 0 aliphatic heterocycles. The van der Waals surface area contributed by atoms with E-state index in [-0.39, 0.29) is 29.6 Å². The average Bonchev–Trinajstić information content (AvgIpc) is 2.32. The number of hydrogen-bond donors (Lipinski definition) is 2. The molecule has 0 amide bonds. The fourth-order valence-corrected chi connectivity index (χ4v) is 2.22. The highest BCUT2D eigenvalue weighted by Crippen LogP contribution is 2.29. The molecule has 2 nitrogen and oxygen atoms in total. The van der Waals surface area contributed by atoms with Gasteiger partial charge < -0.3 is 10.4 Å². The van der Waals surface area contributed by atoms with E-state index in [0.717, 1.165) is 0 Å². The zero-order valence-electron chi connectivity index (χ0n) is 10.7. The molecule has 0 heterocycles. The summed E-state index contributed by atoms with van der Waals surface area (Å²) in [6.45, 7) is 5.91. The lowest BCUT2D eigenvalue weighted by molar-refractivity contribution is 0.202. The van der Waals surface area contributed by atoms with Crippen LogP contribution in [-0.4, -0.2) is 17.8 Å². The van der Waals surface area contributed by atoms with E-state index >= 15 is 0 Å². The molecule has 0 saturated carbocycles. The third-order valence-electron chi connectivity index (χ3n) is 3.16. The summed E-state index contributed by atoms with van der Waals surface area (Å²) in [5, 5.41) is 12.8. The van der Waals surface area contributed by atoms with Crippen LogP contribution in [0.2, 0.25) is 10.0 Å². The zero-order valence-corrected chi connectivity index (χ0v) is 12.2. The number of nitrogens with one attached hydrogen (secondary N) is 1. The van der Waals surface area contributed by atoms with Gasteiger partial charge in [-0.05, 0) is 37.5 Å². The van der Waals surface area contributed by atoms with Gasteiger partial charge in [-0.15, -0.1) is 0 Å². The van der Waals surface area contributed by atoms with Crippen molar-refractivity contribution >= 4 is 23.2 Å². The maximum Gasteiger partial charge on any atom is 0.142 e. The van der Waals surface area contributed by atoms with Crippen molar-refractivity contribution < 1.29 is 9.50 Å². The second kappa shape index (κ2) is 6.71. The van der Waals surface area contributed by atoms with Gasteiger partial charge in [-0.3, -0.25) is 0 Å². The molecule has 1 rings (SSSR count). The topological polar surface area (TPSA) is 32.3 Å². The number of aliphatic hydroxyl groups is 1. The second-order valence-electron chi connectivity index (χ2n) is 4.62. The fraction of sp³-hybridized carbons (Fsp3) is 0.538. The molecule has 0 spiro atoms. The van der Waals surface area contributed by atoms with Crippen molar-refractivity contribution in [3.8, 4) is 0 Å². The quantitative estimate of drug-likeness (QED) is 0.810. The van der Waals surface area contributed by atoms with Gasteiger partial charge in [-0.25, -0.2) is 4.39 Å².